The third-order valence-electron chi connectivity index (χ3n) is 4.97. The first-order chi connectivity index (χ1) is 15.5. The fourth-order valence-electron chi connectivity index (χ4n) is 3.48. The van der Waals surface area contributed by atoms with Crippen molar-refractivity contribution < 1.29 is 19.0 Å². The lowest BCUT2D eigenvalue weighted by Crippen LogP contribution is -2.39. The zero-order valence-electron chi connectivity index (χ0n) is 17.9. The summed E-state index contributed by atoms with van der Waals surface area (Å²) in [5, 5.41) is 1.92. The van der Waals surface area contributed by atoms with E-state index in [4.69, 9.17) is 14.2 Å². The van der Waals surface area contributed by atoms with Gasteiger partial charge in [0.05, 0.1) is 29.5 Å². The Labute approximate surface area is 192 Å². The van der Waals surface area contributed by atoms with Gasteiger partial charge in [0.2, 0.25) is 0 Å². The highest BCUT2D eigenvalue weighted by Gasteiger charge is 2.34. The van der Waals surface area contributed by atoms with Crippen molar-refractivity contribution in [2.75, 3.05) is 27.4 Å². The molecule has 0 bridgehead atoms. The van der Waals surface area contributed by atoms with E-state index in [1.165, 1.54) is 22.7 Å². The lowest BCUT2D eigenvalue weighted by atomic mass is 10.0. The first-order valence-corrected chi connectivity index (χ1v) is 11.6. The van der Waals surface area contributed by atoms with E-state index in [2.05, 4.69) is 4.99 Å². The zero-order chi connectivity index (χ0) is 22.7. The molecule has 3 aromatic rings. The van der Waals surface area contributed by atoms with E-state index in [0.717, 1.165) is 10.4 Å². The van der Waals surface area contributed by atoms with Gasteiger partial charge in [0.15, 0.2) is 4.80 Å². The number of hydrogen-bond donors (Lipinski definition) is 0. The van der Waals surface area contributed by atoms with Gasteiger partial charge in [0, 0.05) is 12.0 Å². The molecule has 9 heteroatoms. The highest BCUT2D eigenvalue weighted by molar-refractivity contribution is 7.10. The number of allylic oxidation sites excluding steroid dienone is 1. The number of fused-ring (bicyclic) bond motifs is 1. The largest absolute Gasteiger partial charge is 0.497 e. The molecule has 0 saturated carbocycles. The highest BCUT2D eigenvalue weighted by Crippen LogP contribution is 2.33. The summed E-state index contributed by atoms with van der Waals surface area (Å²) < 4.78 is 17.8. The Hall–Kier alpha value is -3.01. The van der Waals surface area contributed by atoms with Crippen molar-refractivity contribution in [3.63, 3.8) is 0 Å². The third-order valence-corrected chi connectivity index (χ3v) is 6.87. The van der Waals surface area contributed by atoms with Crippen molar-refractivity contribution in [3.8, 4) is 5.75 Å². The van der Waals surface area contributed by atoms with Gasteiger partial charge < -0.3 is 14.2 Å². The monoisotopic (exact) mass is 470 g/mol. The number of hydrogen-bond acceptors (Lipinski definition) is 8. The lowest BCUT2D eigenvalue weighted by molar-refractivity contribution is -0.140. The van der Waals surface area contributed by atoms with Gasteiger partial charge >= 0.3 is 5.97 Å². The highest BCUT2D eigenvalue weighted by atomic mass is 32.1. The van der Waals surface area contributed by atoms with Crippen LogP contribution >= 0.6 is 22.7 Å². The van der Waals surface area contributed by atoms with Gasteiger partial charge in [0.25, 0.3) is 5.56 Å². The first kappa shape index (κ1) is 22.2. The predicted octanol–water partition coefficient (Wildman–Crippen LogP) is 2.49. The molecule has 0 fully saturated rings. The quantitative estimate of drug-likeness (QED) is 0.392. The molecule has 1 aliphatic rings. The van der Waals surface area contributed by atoms with Gasteiger partial charge in [-0.3, -0.25) is 9.36 Å². The third kappa shape index (κ3) is 4.32. The maximum absolute atomic E-state index is 13.5. The number of carbonyl (C=O) groups excluding carboxylic acids is 1. The minimum Gasteiger partial charge on any atom is -0.497 e. The van der Waals surface area contributed by atoms with Crippen LogP contribution in [-0.4, -0.2) is 38.0 Å². The maximum atomic E-state index is 13.5. The van der Waals surface area contributed by atoms with Crippen molar-refractivity contribution in [3.05, 3.63) is 83.2 Å². The number of methoxy groups -OCH3 is 2. The molecule has 0 amide bonds. The molecule has 0 N–H and O–H groups in total. The van der Waals surface area contributed by atoms with Gasteiger partial charge in [-0.2, -0.15) is 0 Å². The Morgan fingerprint density at radius 2 is 2.06 bits per heavy atom. The van der Waals surface area contributed by atoms with Gasteiger partial charge in [-0.15, -0.1) is 11.3 Å². The molecule has 3 heterocycles. The fourth-order valence-corrected chi connectivity index (χ4v) is 5.35. The summed E-state index contributed by atoms with van der Waals surface area (Å²) in [4.78, 5) is 32.4. The van der Waals surface area contributed by atoms with Crippen LogP contribution in [-0.2, 0) is 14.3 Å². The Bertz CT molecular complexity index is 1340. The molecular weight excluding hydrogens is 448 g/mol. The van der Waals surface area contributed by atoms with Crippen molar-refractivity contribution in [2.45, 2.75) is 13.0 Å². The van der Waals surface area contributed by atoms with E-state index < -0.39 is 12.0 Å². The Morgan fingerprint density at radius 3 is 2.78 bits per heavy atom. The SMILES string of the molecule is COCCOC(=O)C1=C(C)N=c2s/c(=C\c3cccc(OC)c3)c(=O)n2C1c1cccs1. The number of thiophene rings is 1. The molecular formula is C23H22N2O5S2. The summed E-state index contributed by atoms with van der Waals surface area (Å²) in [6.07, 6.45) is 1.81. The maximum Gasteiger partial charge on any atom is 0.338 e. The zero-order valence-corrected chi connectivity index (χ0v) is 19.5. The molecule has 4 rings (SSSR count). The first-order valence-electron chi connectivity index (χ1n) is 9.89. The predicted molar refractivity (Wildman–Crippen MR) is 124 cm³/mol. The van der Waals surface area contributed by atoms with Crippen LogP contribution in [0.4, 0.5) is 0 Å². The number of benzene rings is 1. The average Bonchev–Trinajstić information content (AvgIpc) is 3.42. The van der Waals surface area contributed by atoms with E-state index in [9.17, 15) is 9.59 Å². The van der Waals surface area contributed by atoms with Crippen LogP contribution in [0.1, 0.15) is 23.4 Å². The summed E-state index contributed by atoms with van der Waals surface area (Å²) in [7, 11) is 3.14. The molecule has 1 atom stereocenters. The van der Waals surface area contributed by atoms with Gasteiger partial charge in [0.1, 0.15) is 18.4 Å². The van der Waals surface area contributed by atoms with Crippen LogP contribution < -0.4 is 19.6 Å². The van der Waals surface area contributed by atoms with Crippen LogP contribution in [0.5, 0.6) is 5.75 Å². The van der Waals surface area contributed by atoms with Gasteiger partial charge in [-0.25, -0.2) is 9.79 Å². The van der Waals surface area contributed by atoms with E-state index >= 15 is 0 Å². The summed E-state index contributed by atoms with van der Waals surface area (Å²) in [5.74, 6) is 0.212. The van der Waals surface area contributed by atoms with Crippen LogP contribution in [0.3, 0.4) is 0 Å². The summed E-state index contributed by atoms with van der Waals surface area (Å²) >= 11 is 2.78. The van der Waals surface area contributed by atoms with Crippen LogP contribution in [0.15, 0.2) is 62.8 Å². The summed E-state index contributed by atoms with van der Waals surface area (Å²) in [6.45, 7) is 2.19. The van der Waals surface area contributed by atoms with Gasteiger partial charge in [-0.1, -0.05) is 29.5 Å². The van der Waals surface area contributed by atoms with Crippen molar-refractivity contribution in [1.29, 1.82) is 0 Å². The number of esters is 1. The molecule has 32 heavy (non-hydrogen) atoms. The number of carbonyl (C=O) groups is 1. The number of thiazole rings is 1. The topological polar surface area (TPSA) is 79.1 Å². The normalized spacial score (nSPS) is 16.0. The number of ether oxygens (including phenoxy) is 3. The van der Waals surface area contributed by atoms with E-state index in [1.54, 1.807) is 25.7 Å². The lowest BCUT2D eigenvalue weighted by Gasteiger charge is -2.23. The molecule has 7 nitrogen and oxygen atoms in total. The van der Waals surface area contributed by atoms with Crippen molar-refractivity contribution >= 4 is 34.7 Å². The Balaban J connectivity index is 1.84. The van der Waals surface area contributed by atoms with E-state index in [-0.39, 0.29) is 12.2 Å². The molecule has 166 valence electrons. The summed E-state index contributed by atoms with van der Waals surface area (Å²) in [5.41, 5.74) is 1.55. The molecule has 2 aromatic heterocycles. The minimum atomic E-state index is -0.589. The molecule has 1 aromatic carbocycles. The van der Waals surface area contributed by atoms with Crippen LogP contribution in [0, 0.1) is 0 Å². The molecule has 0 aliphatic carbocycles. The van der Waals surface area contributed by atoms with Crippen molar-refractivity contribution in [2.24, 2.45) is 4.99 Å². The second-order valence-corrected chi connectivity index (χ2v) is 8.99. The standard InChI is InChI=1S/C23H22N2O5S2/c1-14-19(22(27)30-10-9-28-2)20(17-8-5-11-31-17)25-21(26)18(32-23(25)24-14)13-15-6-4-7-16(12-15)29-3/h4-8,11-13,20H,9-10H2,1-3H3/b18-13-. The smallest absolute Gasteiger partial charge is 0.338 e. The molecule has 0 radical (unpaired) electrons. The average molecular weight is 471 g/mol. The van der Waals surface area contributed by atoms with Gasteiger partial charge in [-0.05, 0) is 42.1 Å². The van der Waals surface area contributed by atoms with Crippen LogP contribution in [0.2, 0.25) is 0 Å². The number of rotatable bonds is 7. The second-order valence-electron chi connectivity index (χ2n) is 7.00. The van der Waals surface area contributed by atoms with Crippen LogP contribution in [0.25, 0.3) is 6.08 Å². The van der Waals surface area contributed by atoms with E-state index in [0.29, 0.717) is 33.0 Å². The van der Waals surface area contributed by atoms with Crippen molar-refractivity contribution in [1.82, 2.24) is 4.57 Å². The Morgan fingerprint density at radius 1 is 1.22 bits per heavy atom. The summed E-state index contributed by atoms with van der Waals surface area (Å²) in [6, 6.07) is 10.7. The Kier molecular flexibility index (Phi) is 6.69. The number of nitrogens with zero attached hydrogens (tertiary/aromatic N) is 2. The molecule has 0 saturated heterocycles. The number of aromatic nitrogens is 1. The second kappa shape index (κ2) is 9.64. The minimum absolute atomic E-state index is 0.129. The fraction of sp³-hybridized carbons (Fsp3) is 0.261. The molecule has 1 aliphatic heterocycles. The molecule has 1 unspecified atom stereocenters. The molecule has 0 spiro atoms. The van der Waals surface area contributed by atoms with E-state index in [1.807, 2.05) is 47.9 Å².